The summed E-state index contributed by atoms with van der Waals surface area (Å²) < 4.78 is 6.00. The fourth-order valence-corrected chi connectivity index (χ4v) is 6.60. The number of hydrogen-bond acceptors (Lipinski definition) is 1. The maximum atomic E-state index is 6.00. The van der Waals surface area contributed by atoms with E-state index in [0.717, 1.165) is 12.3 Å². The Morgan fingerprint density at radius 2 is 1.73 bits per heavy atom. The molecule has 1 fully saturated rings. The van der Waals surface area contributed by atoms with Gasteiger partial charge in [-0.15, -0.1) is 0 Å². The molecule has 0 radical (unpaired) electrons. The van der Waals surface area contributed by atoms with E-state index in [0.29, 0.717) is 0 Å². The lowest BCUT2D eigenvalue weighted by atomic mass is 10.2. The second kappa shape index (κ2) is 8.34. The molecule has 0 aromatic rings. The van der Waals surface area contributed by atoms with Crippen molar-refractivity contribution in [3.8, 4) is 0 Å². The smallest absolute Gasteiger partial charge is 0.0717 e. The summed E-state index contributed by atoms with van der Waals surface area (Å²) in [5, 5.41) is 0. The first-order valence-electron chi connectivity index (χ1n) is 7.00. The highest BCUT2D eigenvalue weighted by Gasteiger charge is 2.24. The molecule has 0 bridgehead atoms. The van der Waals surface area contributed by atoms with E-state index >= 15 is 0 Å². The molecule has 1 nitrogen and oxygen atoms in total. The molecule has 1 heterocycles. The van der Waals surface area contributed by atoms with Gasteiger partial charge in [0.05, 0.1) is 8.80 Å². The van der Waals surface area contributed by atoms with E-state index in [9.17, 15) is 0 Å². The molecule has 0 saturated carbocycles. The van der Waals surface area contributed by atoms with Crippen molar-refractivity contribution in [2.75, 3.05) is 6.61 Å². The maximum absolute atomic E-state index is 6.00. The fourth-order valence-electron chi connectivity index (χ4n) is 2.59. The summed E-state index contributed by atoms with van der Waals surface area (Å²) in [6.07, 6.45) is 9.72. The SMILES string of the molecule is CCCC[SiH](CCCC)C1CCCCO1. The zero-order chi connectivity index (χ0) is 10.9. The Kier molecular flexibility index (Phi) is 7.37. The van der Waals surface area contributed by atoms with Crippen molar-refractivity contribution in [3.05, 3.63) is 0 Å². The fraction of sp³-hybridized carbons (Fsp3) is 1.00. The van der Waals surface area contributed by atoms with Gasteiger partial charge in [-0.05, 0) is 19.3 Å². The van der Waals surface area contributed by atoms with Crippen LogP contribution in [0.5, 0.6) is 0 Å². The summed E-state index contributed by atoms with van der Waals surface area (Å²) in [5.74, 6) is 0. The molecule has 0 aromatic carbocycles. The Bertz CT molecular complexity index is 135. The van der Waals surface area contributed by atoms with Crippen LogP contribution in [0.25, 0.3) is 0 Å². The van der Waals surface area contributed by atoms with Crippen LogP contribution in [0.2, 0.25) is 12.1 Å². The molecule has 0 N–H and O–H groups in total. The molecule has 15 heavy (non-hydrogen) atoms. The molecule has 0 aliphatic carbocycles. The zero-order valence-electron chi connectivity index (χ0n) is 10.6. The zero-order valence-corrected chi connectivity index (χ0v) is 11.8. The van der Waals surface area contributed by atoms with E-state index in [1.165, 1.54) is 57.0 Å². The highest BCUT2D eigenvalue weighted by Crippen LogP contribution is 2.22. The van der Waals surface area contributed by atoms with Crippen molar-refractivity contribution in [2.45, 2.75) is 76.6 Å². The van der Waals surface area contributed by atoms with E-state index in [-0.39, 0.29) is 0 Å². The van der Waals surface area contributed by atoms with Gasteiger partial charge in [0.1, 0.15) is 0 Å². The van der Waals surface area contributed by atoms with Gasteiger partial charge >= 0.3 is 0 Å². The molecular weight excluding hydrogens is 200 g/mol. The molecule has 0 amide bonds. The van der Waals surface area contributed by atoms with E-state index in [4.69, 9.17) is 4.74 Å². The van der Waals surface area contributed by atoms with Crippen LogP contribution in [0.4, 0.5) is 0 Å². The second-order valence-electron chi connectivity index (χ2n) is 4.95. The Balaban J connectivity index is 2.30. The first kappa shape index (κ1) is 13.2. The molecule has 90 valence electrons. The summed E-state index contributed by atoms with van der Waals surface area (Å²) >= 11 is 0. The third kappa shape index (κ3) is 5.16. The Morgan fingerprint density at radius 1 is 1.07 bits per heavy atom. The highest BCUT2D eigenvalue weighted by atomic mass is 28.3. The van der Waals surface area contributed by atoms with Gasteiger partial charge in [0.25, 0.3) is 0 Å². The van der Waals surface area contributed by atoms with Crippen LogP contribution < -0.4 is 0 Å². The van der Waals surface area contributed by atoms with Crippen molar-refractivity contribution in [1.29, 1.82) is 0 Å². The number of unbranched alkanes of at least 4 members (excludes halogenated alkanes) is 2. The summed E-state index contributed by atoms with van der Waals surface area (Å²) in [7, 11) is -0.573. The summed E-state index contributed by atoms with van der Waals surface area (Å²) in [6, 6.07) is 3.06. The predicted molar refractivity (Wildman–Crippen MR) is 70.2 cm³/mol. The van der Waals surface area contributed by atoms with Crippen molar-refractivity contribution in [2.24, 2.45) is 0 Å². The first-order valence-corrected chi connectivity index (χ1v) is 9.30. The lowest BCUT2D eigenvalue weighted by Crippen LogP contribution is -2.35. The topological polar surface area (TPSA) is 9.23 Å². The number of ether oxygens (including phenoxy) is 1. The first-order chi connectivity index (χ1) is 7.38. The molecule has 0 spiro atoms. The van der Waals surface area contributed by atoms with Crippen molar-refractivity contribution in [3.63, 3.8) is 0 Å². The summed E-state index contributed by atoms with van der Waals surface area (Å²) in [4.78, 5) is 0. The van der Waals surface area contributed by atoms with Crippen LogP contribution in [0.3, 0.4) is 0 Å². The lowest BCUT2D eigenvalue weighted by Gasteiger charge is -2.29. The molecule has 1 aliphatic heterocycles. The highest BCUT2D eigenvalue weighted by molar-refractivity contribution is 6.60. The van der Waals surface area contributed by atoms with Crippen LogP contribution in [-0.4, -0.2) is 21.1 Å². The molecule has 0 aromatic heterocycles. The van der Waals surface area contributed by atoms with Gasteiger partial charge < -0.3 is 4.74 Å². The van der Waals surface area contributed by atoms with Gasteiger partial charge in [0.2, 0.25) is 0 Å². The van der Waals surface area contributed by atoms with Gasteiger partial charge in [0, 0.05) is 12.3 Å². The third-order valence-electron chi connectivity index (χ3n) is 3.60. The molecule has 1 unspecified atom stereocenters. The van der Waals surface area contributed by atoms with Crippen LogP contribution in [0.1, 0.15) is 58.8 Å². The minimum atomic E-state index is -0.573. The summed E-state index contributed by atoms with van der Waals surface area (Å²) in [6.45, 7) is 5.67. The summed E-state index contributed by atoms with van der Waals surface area (Å²) in [5.41, 5.74) is 0.733. The number of rotatable bonds is 7. The monoisotopic (exact) mass is 228 g/mol. The van der Waals surface area contributed by atoms with Crippen LogP contribution in [0.15, 0.2) is 0 Å². The average molecular weight is 228 g/mol. The molecule has 2 heteroatoms. The predicted octanol–water partition coefficient (Wildman–Crippen LogP) is 3.92. The van der Waals surface area contributed by atoms with Gasteiger partial charge in [-0.1, -0.05) is 51.6 Å². The minimum Gasteiger partial charge on any atom is -0.382 e. The van der Waals surface area contributed by atoms with Gasteiger partial charge in [-0.3, -0.25) is 0 Å². The normalized spacial score (nSPS) is 22.2. The molecule has 1 aliphatic rings. The van der Waals surface area contributed by atoms with E-state index in [1.54, 1.807) is 0 Å². The van der Waals surface area contributed by atoms with E-state index in [1.807, 2.05) is 0 Å². The van der Waals surface area contributed by atoms with Crippen LogP contribution >= 0.6 is 0 Å². The van der Waals surface area contributed by atoms with Crippen molar-refractivity contribution >= 4 is 8.80 Å². The standard InChI is InChI=1S/C13H28OSi/c1-3-5-11-15(12-6-4-2)13-9-7-8-10-14-13/h13,15H,3-12H2,1-2H3. The lowest BCUT2D eigenvalue weighted by molar-refractivity contribution is 0.0619. The number of hydrogen-bond donors (Lipinski definition) is 0. The van der Waals surface area contributed by atoms with Crippen molar-refractivity contribution in [1.82, 2.24) is 0 Å². The van der Waals surface area contributed by atoms with Gasteiger partial charge in [-0.2, -0.15) is 0 Å². The van der Waals surface area contributed by atoms with Crippen molar-refractivity contribution < 1.29 is 4.74 Å². The van der Waals surface area contributed by atoms with Gasteiger partial charge in [0.15, 0.2) is 0 Å². The average Bonchev–Trinajstić information content (AvgIpc) is 2.30. The largest absolute Gasteiger partial charge is 0.382 e. The van der Waals surface area contributed by atoms with Crippen LogP contribution in [0, 0.1) is 0 Å². The Hall–Kier alpha value is 0.177. The van der Waals surface area contributed by atoms with E-state index in [2.05, 4.69) is 13.8 Å². The second-order valence-corrected chi connectivity index (χ2v) is 8.37. The maximum Gasteiger partial charge on any atom is 0.0717 e. The quantitative estimate of drug-likeness (QED) is 0.600. The minimum absolute atomic E-state index is 0.573. The van der Waals surface area contributed by atoms with Crippen LogP contribution in [-0.2, 0) is 4.74 Å². The molecule has 1 saturated heterocycles. The Labute approximate surface area is 97.2 Å². The Morgan fingerprint density at radius 3 is 2.20 bits per heavy atom. The van der Waals surface area contributed by atoms with Gasteiger partial charge in [-0.25, -0.2) is 0 Å². The molecular formula is C13H28OSi. The third-order valence-corrected chi connectivity index (χ3v) is 7.47. The molecule has 1 rings (SSSR count). The van der Waals surface area contributed by atoms with E-state index < -0.39 is 8.80 Å². The molecule has 1 atom stereocenters.